The molecule has 0 aliphatic rings. The number of nitrogens with zero attached hydrogens (tertiary/aromatic N) is 4. The fourth-order valence-electron chi connectivity index (χ4n) is 2.86. The van der Waals surface area contributed by atoms with Crippen LogP contribution >= 0.6 is 11.6 Å². The van der Waals surface area contributed by atoms with E-state index in [2.05, 4.69) is 20.6 Å². The molecule has 0 bridgehead atoms. The van der Waals surface area contributed by atoms with Crippen LogP contribution in [0.15, 0.2) is 73.1 Å². The average molecular weight is 408 g/mol. The Labute approximate surface area is 171 Å². The first-order valence-corrected chi connectivity index (χ1v) is 9.15. The summed E-state index contributed by atoms with van der Waals surface area (Å²) in [7, 11) is 0. The number of hydrogen-bond donors (Lipinski definition) is 1. The highest BCUT2D eigenvalue weighted by Gasteiger charge is 2.23. The van der Waals surface area contributed by atoms with Gasteiger partial charge in [0.1, 0.15) is 11.5 Å². The lowest BCUT2D eigenvalue weighted by Crippen LogP contribution is -2.24. The summed E-state index contributed by atoms with van der Waals surface area (Å²) >= 11 is 6.33. The molecule has 0 aliphatic carbocycles. The maximum absolute atomic E-state index is 13.1. The van der Waals surface area contributed by atoms with Gasteiger partial charge in [0, 0.05) is 24.5 Å². The van der Waals surface area contributed by atoms with E-state index in [-0.39, 0.29) is 18.1 Å². The predicted molar refractivity (Wildman–Crippen MR) is 107 cm³/mol. The van der Waals surface area contributed by atoms with Crippen LogP contribution in [0.3, 0.4) is 0 Å². The van der Waals surface area contributed by atoms with Crippen molar-refractivity contribution in [1.29, 1.82) is 0 Å². The van der Waals surface area contributed by atoms with E-state index < -0.39 is 5.91 Å². The van der Waals surface area contributed by atoms with Gasteiger partial charge in [0.05, 0.1) is 10.7 Å². The van der Waals surface area contributed by atoms with Gasteiger partial charge in [-0.1, -0.05) is 41.1 Å². The van der Waals surface area contributed by atoms with Crippen LogP contribution in [0, 0.1) is 5.82 Å². The molecule has 2 aromatic carbocycles. The fourth-order valence-corrected chi connectivity index (χ4v) is 3.07. The van der Waals surface area contributed by atoms with Gasteiger partial charge in [0.15, 0.2) is 5.69 Å². The van der Waals surface area contributed by atoms with Gasteiger partial charge < -0.3 is 5.32 Å². The molecular weight excluding hydrogens is 393 g/mol. The van der Waals surface area contributed by atoms with E-state index in [0.717, 1.165) is 5.56 Å². The first kappa shape index (κ1) is 18.8. The summed E-state index contributed by atoms with van der Waals surface area (Å²) in [5, 5.41) is 11.5. The number of benzene rings is 2. The molecule has 8 heteroatoms. The Morgan fingerprint density at radius 3 is 2.59 bits per heavy atom. The van der Waals surface area contributed by atoms with Crippen molar-refractivity contribution < 1.29 is 9.18 Å². The van der Waals surface area contributed by atoms with Crippen molar-refractivity contribution in [2.24, 2.45) is 0 Å². The quantitative estimate of drug-likeness (QED) is 0.541. The number of carbonyl (C=O) groups excluding carboxylic acids is 1. The topological polar surface area (TPSA) is 72.7 Å². The van der Waals surface area contributed by atoms with E-state index in [4.69, 9.17) is 11.6 Å². The molecule has 1 amide bonds. The number of hydrogen-bond acceptors (Lipinski definition) is 4. The third-order valence-electron chi connectivity index (χ3n) is 4.27. The Morgan fingerprint density at radius 2 is 1.86 bits per heavy atom. The standard InChI is InChI=1S/C21H15ClFN5O/c22-17-5-1-2-6-18(17)28-20(15-4-3-11-24-13-15)19(26-27-28)21(29)25-12-14-7-9-16(23)10-8-14/h1-11,13H,12H2,(H,25,29). The number of pyridine rings is 1. The summed E-state index contributed by atoms with van der Waals surface area (Å²) in [6.45, 7) is 0.227. The molecule has 0 unspecified atom stereocenters. The zero-order valence-corrected chi connectivity index (χ0v) is 15.8. The van der Waals surface area contributed by atoms with Gasteiger partial charge in [-0.3, -0.25) is 9.78 Å². The highest BCUT2D eigenvalue weighted by Crippen LogP contribution is 2.28. The molecule has 0 saturated carbocycles. The van der Waals surface area contributed by atoms with E-state index in [1.165, 1.54) is 16.8 Å². The second kappa shape index (κ2) is 8.20. The number of para-hydroxylation sites is 1. The summed E-state index contributed by atoms with van der Waals surface area (Å²) in [5.41, 5.74) is 2.64. The molecular formula is C21H15ClFN5O. The maximum atomic E-state index is 13.1. The largest absolute Gasteiger partial charge is 0.346 e. The lowest BCUT2D eigenvalue weighted by Gasteiger charge is -2.10. The molecule has 2 heterocycles. The molecule has 4 aromatic rings. The number of nitrogens with one attached hydrogen (secondary N) is 1. The van der Waals surface area contributed by atoms with Gasteiger partial charge in [-0.25, -0.2) is 9.07 Å². The smallest absolute Gasteiger partial charge is 0.274 e. The van der Waals surface area contributed by atoms with Gasteiger partial charge in [-0.05, 0) is 42.0 Å². The highest BCUT2D eigenvalue weighted by atomic mass is 35.5. The van der Waals surface area contributed by atoms with Crippen LogP contribution in [0.2, 0.25) is 5.02 Å². The first-order chi connectivity index (χ1) is 14.1. The molecule has 0 spiro atoms. The highest BCUT2D eigenvalue weighted by molar-refractivity contribution is 6.32. The van der Waals surface area contributed by atoms with E-state index in [1.54, 1.807) is 42.7 Å². The van der Waals surface area contributed by atoms with Gasteiger partial charge in [0.2, 0.25) is 0 Å². The lowest BCUT2D eigenvalue weighted by atomic mass is 10.1. The van der Waals surface area contributed by atoms with Crippen LogP contribution in [0.1, 0.15) is 16.1 Å². The fraction of sp³-hybridized carbons (Fsp3) is 0.0476. The normalized spacial score (nSPS) is 10.7. The Balaban J connectivity index is 1.70. The van der Waals surface area contributed by atoms with E-state index in [0.29, 0.717) is 22.0 Å². The van der Waals surface area contributed by atoms with Crippen molar-refractivity contribution in [2.75, 3.05) is 0 Å². The van der Waals surface area contributed by atoms with E-state index in [1.807, 2.05) is 18.2 Å². The van der Waals surface area contributed by atoms with Crippen LogP contribution in [0.5, 0.6) is 0 Å². The molecule has 0 radical (unpaired) electrons. The number of carbonyl (C=O) groups is 1. The van der Waals surface area contributed by atoms with Crippen molar-refractivity contribution in [3.63, 3.8) is 0 Å². The number of halogens is 2. The van der Waals surface area contributed by atoms with Crippen LogP contribution in [0.25, 0.3) is 16.9 Å². The van der Waals surface area contributed by atoms with Gasteiger partial charge in [-0.2, -0.15) is 0 Å². The minimum absolute atomic E-state index is 0.139. The molecule has 0 atom stereocenters. The third-order valence-corrected chi connectivity index (χ3v) is 4.59. The first-order valence-electron chi connectivity index (χ1n) is 8.77. The summed E-state index contributed by atoms with van der Waals surface area (Å²) in [4.78, 5) is 17.0. The Bertz CT molecular complexity index is 1150. The molecule has 1 N–H and O–H groups in total. The summed E-state index contributed by atoms with van der Waals surface area (Å²) in [6.07, 6.45) is 3.27. The lowest BCUT2D eigenvalue weighted by molar-refractivity contribution is 0.0946. The summed E-state index contributed by atoms with van der Waals surface area (Å²) in [6, 6.07) is 16.6. The Hall–Kier alpha value is -3.58. The molecule has 2 aromatic heterocycles. The van der Waals surface area contributed by atoms with Crippen LogP contribution in [-0.2, 0) is 6.54 Å². The van der Waals surface area contributed by atoms with Crippen LogP contribution in [0.4, 0.5) is 4.39 Å². The minimum Gasteiger partial charge on any atom is -0.346 e. The molecule has 0 saturated heterocycles. The van der Waals surface area contributed by atoms with Crippen molar-refractivity contribution in [2.45, 2.75) is 6.54 Å². The summed E-state index contributed by atoms with van der Waals surface area (Å²) in [5.74, 6) is -0.742. The third kappa shape index (κ3) is 4.00. The van der Waals surface area contributed by atoms with Crippen molar-refractivity contribution >= 4 is 17.5 Å². The predicted octanol–water partition coefficient (Wildman–Crippen LogP) is 4.05. The molecule has 4 rings (SSSR count). The minimum atomic E-state index is -0.411. The van der Waals surface area contributed by atoms with Crippen LogP contribution in [-0.4, -0.2) is 25.9 Å². The second-order valence-corrected chi connectivity index (χ2v) is 6.61. The zero-order valence-electron chi connectivity index (χ0n) is 15.1. The monoisotopic (exact) mass is 407 g/mol. The van der Waals surface area contributed by atoms with Gasteiger partial charge in [0.25, 0.3) is 5.91 Å². The number of amides is 1. The van der Waals surface area contributed by atoms with Gasteiger partial charge >= 0.3 is 0 Å². The average Bonchev–Trinajstić information content (AvgIpc) is 3.19. The van der Waals surface area contributed by atoms with Crippen molar-refractivity contribution in [3.05, 3.63) is 95.2 Å². The molecule has 29 heavy (non-hydrogen) atoms. The van der Waals surface area contributed by atoms with Gasteiger partial charge in [-0.15, -0.1) is 5.10 Å². The van der Waals surface area contributed by atoms with Crippen molar-refractivity contribution in [3.8, 4) is 16.9 Å². The Kier molecular flexibility index (Phi) is 5.31. The molecule has 6 nitrogen and oxygen atoms in total. The molecule has 0 fully saturated rings. The van der Waals surface area contributed by atoms with E-state index >= 15 is 0 Å². The number of aromatic nitrogens is 4. The summed E-state index contributed by atoms with van der Waals surface area (Å²) < 4.78 is 14.6. The van der Waals surface area contributed by atoms with Crippen LogP contribution < -0.4 is 5.32 Å². The molecule has 0 aliphatic heterocycles. The SMILES string of the molecule is O=C(NCc1ccc(F)cc1)c1nnn(-c2ccccc2Cl)c1-c1cccnc1. The maximum Gasteiger partial charge on any atom is 0.274 e. The number of rotatable bonds is 5. The van der Waals surface area contributed by atoms with E-state index in [9.17, 15) is 9.18 Å². The second-order valence-electron chi connectivity index (χ2n) is 6.20. The zero-order chi connectivity index (χ0) is 20.2. The molecule has 144 valence electrons. The Morgan fingerprint density at radius 1 is 1.07 bits per heavy atom. The van der Waals surface area contributed by atoms with Crippen molar-refractivity contribution in [1.82, 2.24) is 25.3 Å².